The number of benzene rings is 1. The zero-order valence-corrected chi connectivity index (χ0v) is 18.1. The number of hydrogen-bond donors (Lipinski definition) is 2. The van der Waals surface area contributed by atoms with Crippen molar-refractivity contribution in [1.82, 2.24) is 14.1 Å². The molecular formula is C22H19N3O4S2. The fourth-order valence-electron chi connectivity index (χ4n) is 4.23. The number of nitrogens with one attached hydrogen (secondary N) is 1. The minimum Gasteiger partial charge on any atom is -0.480 e. The number of carboxylic acids is 1. The van der Waals surface area contributed by atoms with Crippen LogP contribution in [0.15, 0.2) is 77.3 Å². The lowest BCUT2D eigenvalue weighted by Crippen LogP contribution is -2.45. The van der Waals surface area contributed by atoms with Gasteiger partial charge in [0.1, 0.15) is 15.4 Å². The summed E-state index contributed by atoms with van der Waals surface area (Å²) >= 11 is 1.07. The first kappa shape index (κ1) is 19.9. The van der Waals surface area contributed by atoms with Crippen molar-refractivity contribution in [1.29, 1.82) is 0 Å². The van der Waals surface area contributed by atoms with Crippen LogP contribution in [0, 0.1) is 5.92 Å². The van der Waals surface area contributed by atoms with E-state index < -0.39 is 27.4 Å². The molecule has 7 nitrogen and oxygen atoms in total. The molecule has 1 aliphatic carbocycles. The van der Waals surface area contributed by atoms with Crippen LogP contribution in [0.1, 0.15) is 18.4 Å². The lowest BCUT2D eigenvalue weighted by molar-refractivity contribution is -0.140. The average molecular weight is 454 g/mol. The van der Waals surface area contributed by atoms with Crippen LogP contribution in [-0.2, 0) is 14.8 Å². The topological polar surface area (TPSA) is 101 Å². The zero-order valence-electron chi connectivity index (χ0n) is 16.5. The molecule has 3 heterocycles. The van der Waals surface area contributed by atoms with E-state index in [1.807, 2.05) is 65.3 Å². The molecule has 0 aliphatic heterocycles. The Balaban J connectivity index is 1.46. The fourth-order valence-corrected chi connectivity index (χ4v) is 6.95. The Labute approximate surface area is 183 Å². The number of fused-ring (bicyclic) bond motifs is 1. The van der Waals surface area contributed by atoms with Crippen molar-refractivity contribution in [3.05, 3.63) is 78.6 Å². The Bertz CT molecular complexity index is 1360. The molecule has 3 atom stereocenters. The van der Waals surface area contributed by atoms with E-state index in [2.05, 4.69) is 9.71 Å². The zero-order chi connectivity index (χ0) is 21.8. The van der Waals surface area contributed by atoms with Crippen LogP contribution in [0.5, 0.6) is 0 Å². The molecule has 0 radical (unpaired) electrons. The molecule has 1 unspecified atom stereocenters. The fraction of sp³-hybridized carbons (Fsp3) is 0.182. The number of aromatic nitrogens is 2. The molecule has 2 N–H and O–H groups in total. The first-order valence-corrected chi connectivity index (χ1v) is 12.0. The Morgan fingerprint density at radius 1 is 1.13 bits per heavy atom. The van der Waals surface area contributed by atoms with Crippen LogP contribution in [0.4, 0.5) is 0 Å². The third-order valence-corrected chi connectivity index (χ3v) is 8.96. The standard InChI is InChI=1S/C22H19N3O4S2/c1-14-20(15-7-3-2-4-8-15)22(14,21(26)27)24-31(28,29)19-11-10-17(30-19)16-13-25-12-6-5-9-18(25)23-16/h2-14,20,24H,1H3,(H,26,27)/t14?,20-,22+/m1/s1. The molecule has 3 aromatic heterocycles. The molecular weight excluding hydrogens is 434 g/mol. The van der Waals surface area contributed by atoms with Gasteiger partial charge in [0.05, 0.1) is 10.6 Å². The molecule has 31 heavy (non-hydrogen) atoms. The van der Waals surface area contributed by atoms with Gasteiger partial charge in [0.25, 0.3) is 10.0 Å². The van der Waals surface area contributed by atoms with E-state index in [9.17, 15) is 18.3 Å². The van der Waals surface area contributed by atoms with Crippen LogP contribution in [-0.4, -0.2) is 34.4 Å². The first-order chi connectivity index (χ1) is 14.8. The number of nitrogens with zero attached hydrogens (tertiary/aromatic N) is 2. The quantitative estimate of drug-likeness (QED) is 0.465. The number of carbonyl (C=O) groups is 1. The molecule has 1 fully saturated rings. The number of rotatable bonds is 6. The number of aliphatic carboxylic acids is 1. The van der Waals surface area contributed by atoms with Gasteiger partial charge < -0.3 is 9.51 Å². The molecule has 1 aromatic carbocycles. The summed E-state index contributed by atoms with van der Waals surface area (Å²) < 4.78 is 30.7. The SMILES string of the molecule is CC1[C@H](c2ccccc2)[C@]1(NS(=O)(=O)c1ccc(-c2cn3ccccc3n2)s1)C(=O)O. The van der Waals surface area contributed by atoms with Crippen molar-refractivity contribution in [2.24, 2.45) is 5.92 Å². The monoisotopic (exact) mass is 453 g/mol. The third-order valence-electron chi connectivity index (χ3n) is 5.88. The van der Waals surface area contributed by atoms with Gasteiger partial charge in [-0.3, -0.25) is 4.79 Å². The smallest absolute Gasteiger partial charge is 0.325 e. The summed E-state index contributed by atoms with van der Waals surface area (Å²) in [7, 11) is -4.04. The summed E-state index contributed by atoms with van der Waals surface area (Å²) in [6.07, 6.45) is 3.70. The Morgan fingerprint density at radius 3 is 2.58 bits per heavy atom. The number of hydrogen-bond acceptors (Lipinski definition) is 5. The van der Waals surface area contributed by atoms with E-state index in [0.717, 1.165) is 22.5 Å². The van der Waals surface area contributed by atoms with Gasteiger partial charge in [-0.25, -0.2) is 13.4 Å². The van der Waals surface area contributed by atoms with Crippen LogP contribution in [0.3, 0.4) is 0 Å². The van der Waals surface area contributed by atoms with Crippen LogP contribution < -0.4 is 4.72 Å². The van der Waals surface area contributed by atoms with Gasteiger partial charge >= 0.3 is 5.97 Å². The molecule has 1 aliphatic rings. The summed E-state index contributed by atoms with van der Waals surface area (Å²) in [5, 5.41) is 9.94. The van der Waals surface area contributed by atoms with E-state index in [0.29, 0.717) is 10.6 Å². The molecule has 0 amide bonds. The maximum absolute atomic E-state index is 13.1. The van der Waals surface area contributed by atoms with E-state index in [-0.39, 0.29) is 10.1 Å². The summed E-state index contributed by atoms with van der Waals surface area (Å²) in [6.45, 7) is 1.75. The highest BCUT2D eigenvalue weighted by Gasteiger charge is 2.70. The largest absolute Gasteiger partial charge is 0.480 e. The molecule has 0 saturated heterocycles. The van der Waals surface area contributed by atoms with Crippen molar-refractivity contribution < 1.29 is 18.3 Å². The number of sulfonamides is 1. The normalized spacial score (nSPS) is 23.1. The number of carboxylic acid groups (broad SMARTS) is 1. The highest BCUT2D eigenvalue weighted by molar-refractivity contribution is 7.91. The minimum atomic E-state index is -4.04. The molecule has 9 heteroatoms. The molecule has 0 spiro atoms. The molecule has 4 aromatic rings. The summed E-state index contributed by atoms with van der Waals surface area (Å²) in [5.41, 5.74) is 0.660. The van der Waals surface area contributed by atoms with Gasteiger partial charge in [-0.2, -0.15) is 4.72 Å². The van der Waals surface area contributed by atoms with E-state index in [1.54, 1.807) is 13.0 Å². The predicted molar refractivity (Wildman–Crippen MR) is 118 cm³/mol. The number of thiophene rings is 1. The van der Waals surface area contributed by atoms with Crippen molar-refractivity contribution >= 4 is 33.0 Å². The van der Waals surface area contributed by atoms with Crippen LogP contribution in [0.25, 0.3) is 16.2 Å². The van der Waals surface area contributed by atoms with Crippen molar-refractivity contribution in [3.8, 4) is 10.6 Å². The minimum absolute atomic E-state index is 0.0612. The summed E-state index contributed by atoms with van der Waals surface area (Å²) in [6, 6.07) is 18.0. The molecule has 158 valence electrons. The maximum Gasteiger partial charge on any atom is 0.325 e. The Morgan fingerprint density at radius 2 is 1.87 bits per heavy atom. The van der Waals surface area contributed by atoms with Gasteiger partial charge in [-0.05, 0) is 35.7 Å². The molecule has 1 saturated carbocycles. The van der Waals surface area contributed by atoms with Gasteiger partial charge in [0.15, 0.2) is 0 Å². The number of imidazole rings is 1. The van der Waals surface area contributed by atoms with Gasteiger partial charge in [0.2, 0.25) is 0 Å². The molecule has 0 bridgehead atoms. The molecule has 5 rings (SSSR count). The van der Waals surface area contributed by atoms with E-state index in [4.69, 9.17) is 0 Å². The van der Waals surface area contributed by atoms with Crippen LogP contribution >= 0.6 is 11.3 Å². The summed E-state index contributed by atoms with van der Waals surface area (Å²) in [4.78, 5) is 17.4. The Kier molecular flexibility index (Phi) is 4.51. The maximum atomic E-state index is 13.1. The van der Waals surface area contributed by atoms with E-state index in [1.165, 1.54) is 6.07 Å². The van der Waals surface area contributed by atoms with Gasteiger partial charge in [-0.15, -0.1) is 11.3 Å². The van der Waals surface area contributed by atoms with E-state index >= 15 is 0 Å². The van der Waals surface area contributed by atoms with Gasteiger partial charge in [0, 0.05) is 18.3 Å². The second kappa shape index (κ2) is 7.01. The second-order valence-corrected chi connectivity index (χ2v) is 10.7. The summed E-state index contributed by atoms with van der Waals surface area (Å²) in [5.74, 6) is -1.98. The van der Waals surface area contributed by atoms with Crippen molar-refractivity contribution in [2.45, 2.75) is 22.6 Å². The van der Waals surface area contributed by atoms with Crippen molar-refractivity contribution in [2.75, 3.05) is 0 Å². The first-order valence-electron chi connectivity index (χ1n) is 9.69. The number of pyridine rings is 1. The lowest BCUT2D eigenvalue weighted by Gasteiger charge is -2.15. The Hall–Kier alpha value is -3.01. The highest BCUT2D eigenvalue weighted by atomic mass is 32.2. The third kappa shape index (κ3) is 3.16. The van der Waals surface area contributed by atoms with Crippen molar-refractivity contribution in [3.63, 3.8) is 0 Å². The van der Waals surface area contributed by atoms with Crippen LogP contribution in [0.2, 0.25) is 0 Å². The van der Waals surface area contributed by atoms with Gasteiger partial charge in [-0.1, -0.05) is 43.3 Å². The lowest BCUT2D eigenvalue weighted by atomic mass is 10.1. The second-order valence-electron chi connectivity index (χ2n) is 7.67. The predicted octanol–water partition coefficient (Wildman–Crippen LogP) is 3.60. The highest BCUT2D eigenvalue weighted by Crippen LogP contribution is 2.58. The average Bonchev–Trinajstić information content (AvgIpc) is 3.16.